The van der Waals surface area contributed by atoms with Crippen LogP contribution < -0.4 is 0 Å². The van der Waals surface area contributed by atoms with Gasteiger partial charge in [0.05, 0.1) is 5.69 Å². The van der Waals surface area contributed by atoms with Gasteiger partial charge in [-0.1, -0.05) is 0 Å². The van der Waals surface area contributed by atoms with Crippen molar-refractivity contribution < 1.29 is 9.90 Å². The van der Waals surface area contributed by atoms with E-state index in [2.05, 4.69) is 15.1 Å². The molecule has 0 aromatic carbocycles. The number of rotatable bonds is 4. The van der Waals surface area contributed by atoms with E-state index >= 15 is 0 Å². The van der Waals surface area contributed by atoms with Crippen LogP contribution in [0.2, 0.25) is 0 Å². The SMILES string of the molecule is Cc1nc2cc(-c3cccnc3)nn2c(C)c1CCC(=O)O. The Hall–Kier alpha value is -2.76. The molecule has 1 N–H and O–H groups in total. The summed E-state index contributed by atoms with van der Waals surface area (Å²) in [7, 11) is 0. The van der Waals surface area contributed by atoms with Crippen molar-refractivity contribution in [2.24, 2.45) is 0 Å². The van der Waals surface area contributed by atoms with E-state index in [4.69, 9.17) is 5.11 Å². The molecule has 3 heterocycles. The lowest BCUT2D eigenvalue weighted by Crippen LogP contribution is -2.07. The van der Waals surface area contributed by atoms with Crippen LogP contribution in [0.5, 0.6) is 0 Å². The fraction of sp³-hybridized carbons (Fsp3) is 0.250. The molecule has 0 atom stereocenters. The molecule has 0 spiro atoms. The highest BCUT2D eigenvalue weighted by Crippen LogP contribution is 2.21. The normalized spacial score (nSPS) is 11.0. The summed E-state index contributed by atoms with van der Waals surface area (Å²) in [6, 6.07) is 5.73. The van der Waals surface area contributed by atoms with Gasteiger partial charge in [-0.15, -0.1) is 0 Å². The lowest BCUT2D eigenvalue weighted by molar-refractivity contribution is -0.136. The van der Waals surface area contributed by atoms with Gasteiger partial charge in [-0.25, -0.2) is 9.50 Å². The number of hydrogen-bond acceptors (Lipinski definition) is 4. The van der Waals surface area contributed by atoms with Gasteiger partial charge in [-0.05, 0) is 38.0 Å². The largest absolute Gasteiger partial charge is 0.481 e. The Morgan fingerprint density at radius 2 is 2.18 bits per heavy atom. The van der Waals surface area contributed by atoms with E-state index in [9.17, 15) is 4.79 Å². The van der Waals surface area contributed by atoms with Crippen molar-refractivity contribution in [3.8, 4) is 11.3 Å². The van der Waals surface area contributed by atoms with Crippen LogP contribution in [0.15, 0.2) is 30.6 Å². The summed E-state index contributed by atoms with van der Waals surface area (Å²) in [4.78, 5) is 19.4. The molecule has 3 aromatic heterocycles. The van der Waals surface area contributed by atoms with Crippen molar-refractivity contribution in [1.82, 2.24) is 19.6 Å². The van der Waals surface area contributed by atoms with Gasteiger partial charge in [0.15, 0.2) is 5.65 Å². The molecule has 6 nitrogen and oxygen atoms in total. The molecule has 112 valence electrons. The van der Waals surface area contributed by atoms with E-state index in [1.807, 2.05) is 32.0 Å². The summed E-state index contributed by atoms with van der Waals surface area (Å²) >= 11 is 0. The zero-order valence-corrected chi connectivity index (χ0v) is 12.4. The van der Waals surface area contributed by atoms with Crippen LogP contribution >= 0.6 is 0 Å². The molecule has 0 aliphatic rings. The van der Waals surface area contributed by atoms with Crippen LogP contribution in [0.1, 0.15) is 23.4 Å². The molecule has 0 unspecified atom stereocenters. The number of fused-ring (bicyclic) bond motifs is 1. The zero-order chi connectivity index (χ0) is 15.7. The van der Waals surface area contributed by atoms with E-state index in [0.29, 0.717) is 6.42 Å². The topological polar surface area (TPSA) is 80.4 Å². The first-order valence-electron chi connectivity index (χ1n) is 7.04. The van der Waals surface area contributed by atoms with Crippen molar-refractivity contribution in [2.75, 3.05) is 0 Å². The highest BCUT2D eigenvalue weighted by Gasteiger charge is 2.14. The number of carboxylic acid groups (broad SMARTS) is 1. The fourth-order valence-electron chi connectivity index (χ4n) is 2.58. The molecule has 3 rings (SSSR count). The quantitative estimate of drug-likeness (QED) is 0.799. The summed E-state index contributed by atoms with van der Waals surface area (Å²) in [5.41, 5.74) is 5.21. The first kappa shape index (κ1) is 14.2. The number of aromatic nitrogens is 4. The van der Waals surface area contributed by atoms with Crippen LogP contribution in [0.25, 0.3) is 16.9 Å². The smallest absolute Gasteiger partial charge is 0.303 e. The fourth-order valence-corrected chi connectivity index (χ4v) is 2.58. The van der Waals surface area contributed by atoms with Crippen molar-refractivity contribution >= 4 is 11.6 Å². The van der Waals surface area contributed by atoms with Gasteiger partial charge in [0, 0.05) is 41.8 Å². The molecule has 0 saturated heterocycles. The Kier molecular flexibility index (Phi) is 3.58. The van der Waals surface area contributed by atoms with Crippen LogP contribution in [0.4, 0.5) is 0 Å². The van der Waals surface area contributed by atoms with Gasteiger partial charge < -0.3 is 5.11 Å². The molecule has 0 saturated carbocycles. The summed E-state index contributed by atoms with van der Waals surface area (Å²) in [6.45, 7) is 3.85. The Balaban J connectivity index is 2.09. The van der Waals surface area contributed by atoms with Crippen LogP contribution in [0.3, 0.4) is 0 Å². The van der Waals surface area contributed by atoms with Gasteiger partial charge in [0.25, 0.3) is 0 Å². The van der Waals surface area contributed by atoms with Gasteiger partial charge in [0.1, 0.15) is 0 Å². The molecule has 0 aliphatic carbocycles. The number of carboxylic acids is 1. The Morgan fingerprint density at radius 3 is 2.86 bits per heavy atom. The number of pyridine rings is 1. The van der Waals surface area contributed by atoms with Crippen molar-refractivity contribution in [3.63, 3.8) is 0 Å². The lowest BCUT2D eigenvalue weighted by Gasteiger charge is -2.09. The van der Waals surface area contributed by atoms with E-state index < -0.39 is 5.97 Å². The second-order valence-corrected chi connectivity index (χ2v) is 5.20. The van der Waals surface area contributed by atoms with Crippen LogP contribution in [0, 0.1) is 13.8 Å². The highest BCUT2D eigenvalue weighted by atomic mass is 16.4. The Labute approximate surface area is 127 Å². The first-order valence-corrected chi connectivity index (χ1v) is 7.04. The average Bonchev–Trinajstić information content (AvgIpc) is 2.92. The predicted molar refractivity (Wildman–Crippen MR) is 81.6 cm³/mol. The third kappa shape index (κ3) is 2.55. The zero-order valence-electron chi connectivity index (χ0n) is 12.4. The minimum absolute atomic E-state index is 0.0889. The van der Waals surface area contributed by atoms with Gasteiger partial charge in [0.2, 0.25) is 0 Å². The maximum atomic E-state index is 10.8. The predicted octanol–water partition coefficient (Wildman–Crippen LogP) is 2.43. The number of aliphatic carboxylic acids is 1. The Bertz CT molecular complexity index is 840. The number of aryl methyl sites for hydroxylation is 2. The van der Waals surface area contributed by atoms with Gasteiger partial charge in [-0.3, -0.25) is 9.78 Å². The third-order valence-corrected chi connectivity index (χ3v) is 3.71. The lowest BCUT2D eigenvalue weighted by atomic mass is 10.1. The Morgan fingerprint density at radius 1 is 1.36 bits per heavy atom. The van der Waals surface area contributed by atoms with E-state index in [0.717, 1.165) is 33.9 Å². The second-order valence-electron chi connectivity index (χ2n) is 5.20. The minimum Gasteiger partial charge on any atom is -0.481 e. The van der Waals surface area contributed by atoms with Crippen LogP contribution in [-0.2, 0) is 11.2 Å². The molecule has 0 amide bonds. The summed E-state index contributed by atoms with van der Waals surface area (Å²) < 4.78 is 1.77. The highest BCUT2D eigenvalue weighted by molar-refractivity contribution is 5.67. The molecule has 22 heavy (non-hydrogen) atoms. The van der Waals surface area contributed by atoms with E-state index in [1.165, 1.54) is 0 Å². The van der Waals surface area contributed by atoms with Gasteiger partial charge >= 0.3 is 5.97 Å². The van der Waals surface area contributed by atoms with Crippen molar-refractivity contribution in [3.05, 3.63) is 47.5 Å². The summed E-state index contributed by atoms with van der Waals surface area (Å²) in [6.07, 6.45) is 4.02. The molecule has 0 fully saturated rings. The van der Waals surface area contributed by atoms with E-state index in [1.54, 1.807) is 16.9 Å². The molecule has 0 aliphatic heterocycles. The first-order chi connectivity index (χ1) is 10.6. The van der Waals surface area contributed by atoms with Crippen LogP contribution in [-0.4, -0.2) is 30.7 Å². The summed E-state index contributed by atoms with van der Waals surface area (Å²) in [5.74, 6) is -0.810. The van der Waals surface area contributed by atoms with Crippen molar-refractivity contribution in [1.29, 1.82) is 0 Å². The monoisotopic (exact) mass is 296 g/mol. The second kappa shape index (κ2) is 5.55. The molecule has 6 heteroatoms. The summed E-state index contributed by atoms with van der Waals surface area (Å²) in [5, 5.41) is 13.5. The molecule has 0 bridgehead atoms. The number of carbonyl (C=O) groups is 1. The molecule has 0 radical (unpaired) electrons. The van der Waals surface area contributed by atoms with Crippen molar-refractivity contribution in [2.45, 2.75) is 26.7 Å². The third-order valence-electron chi connectivity index (χ3n) is 3.71. The maximum Gasteiger partial charge on any atom is 0.303 e. The maximum absolute atomic E-state index is 10.8. The molecular weight excluding hydrogens is 280 g/mol. The number of hydrogen-bond donors (Lipinski definition) is 1. The molecular formula is C16H16N4O2. The van der Waals surface area contributed by atoms with E-state index in [-0.39, 0.29) is 6.42 Å². The number of nitrogens with zero attached hydrogens (tertiary/aromatic N) is 4. The minimum atomic E-state index is -0.810. The average molecular weight is 296 g/mol. The molecule has 3 aromatic rings. The standard InChI is InChI=1S/C16H16N4O2/c1-10-13(5-6-16(21)22)11(2)20-15(18-10)8-14(19-20)12-4-3-7-17-9-12/h3-4,7-9H,5-6H2,1-2H3,(H,21,22). The van der Waals surface area contributed by atoms with Gasteiger partial charge in [-0.2, -0.15) is 5.10 Å².